The average Bonchev–Trinajstić information content (AvgIpc) is 2.48. The van der Waals surface area contributed by atoms with Gasteiger partial charge in [0.2, 0.25) is 10.0 Å². The molecule has 0 aliphatic heterocycles. The highest BCUT2D eigenvalue weighted by molar-refractivity contribution is 7.89. The van der Waals surface area contributed by atoms with Crippen LogP contribution < -0.4 is 15.4 Å². The maximum Gasteiger partial charge on any atom is 0.240 e. The molecule has 3 N–H and O–H groups in total. The van der Waals surface area contributed by atoms with E-state index in [1.54, 1.807) is 25.2 Å². The summed E-state index contributed by atoms with van der Waals surface area (Å²) in [5.74, 6) is 1.24. The molecule has 0 saturated carbocycles. The molecule has 0 radical (unpaired) electrons. The van der Waals surface area contributed by atoms with Crippen LogP contribution in [0.25, 0.3) is 0 Å². The van der Waals surface area contributed by atoms with Gasteiger partial charge in [-0.25, -0.2) is 23.1 Å². The van der Waals surface area contributed by atoms with Crippen LogP contribution in [-0.4, -0.2) is 32.5 Å². The molecule has 0 atom stereocenters. The summed E-state index contributed by atoms with van der Waals surface area (Å²) >= 11 is 0. The molecule has 1 aromatic heterocycles. The normalized spacial score (nSPS) is 10.6. The van der Waals surface area contributed by atoms with Crippen LogP contribution in [-0.2, 0) is 10.0 Å². The standard InChI is InChI=1S/C12H15N5O2S.ClH/c1-13-11-7-12(16-8-15-11)17-9-4-3-5-10(6-9)20(18,19)14-2;/h3-8,14H,1-2H3,(H2,13,15,16,17);1H. The molecule has 0 saturated heterocycles. The van der Waals surface area contributed by atoms with E-state index in [9.17, 15) is 8.42 Å². The number of anilines is 3. The first-order chi connectivity index (χ1) is 9.55. The number of aromatic nitrogens is 2. The van der Waals surface area contributed by atoms with Crippen LogP contribution >= 0.6 is 12.4 Å². The topological polar surface area (TPSA) is 96.0 Å². The Morgan fingerprint density at radius 2 is 1.76 bits per heavy atom. The van der Waals surface area contributed by atoms with E-state index in [4.69, 9.17) is 0 Å². The molecule has 0 unspecified atom stereocenters. The Kier molecular flexibility index (Phi) is 5.89. The van der Waals surface area contributed by atoms with Crippen LogP contribution in [0, 0.1) is 0 Å². The van der Waals surface area contributed by atoms with E-state index in [2.05, 4.69) is 25.3 Å². The van der Waals surface area contributed by atoms with E-state index in [0.717, 1.165) is 0 Å². The fraction of sp³-hybridized carbons (Fsp3) is 0.167. The molecule has 2 aromatic rings. The summed E-state index contributed by atoms with van der Waals surface area (Å²) in [6.07, 6.45) is 1.42. The van der Waals surface area contributed by atoms with E-state index in [1.807, 2.05) is 0 Å². The van der Waals surface area contributed by atoms with Crippen LogP contribution in [0.5, 0.6) is 0 Å². The first-order valence-electron chi connectivity index (χ1n) is 5.85. The summed E-state index contributed by atoms with van der Waals surface area (Å²) < 4.78 is 25.7. The number of nitrogens with one attached hydrogen (secondary N) is 3. The lowest BCUT2D eigenvalue weighted by molar-refractivity contribution is 0.588. The number of benzene rings is 1. The molecule has 0 fully saturated rings. The Balaban J connectivity index is 0.00000220. The van der Waals surface area contributed by atoms with Crippen LogP contribution in [0.4, 0.5) is 17.3 Å². The zero-order valence-electron chi connectivity index (χ0n) is 11.5. The fourth-order valence-corrected chi connectivity index (χ4v) is 2.34. The van der Waals surface area contributed by atoms with E-state index in [1.165, 1.54) is 25.5 Å². The maximum absolute atomic E-state index is 11.7. The fourth-order valence-electron chi connectivity index (χ4n) is 1.57. The maximum atomic E-state index is 11.7. The van der Waals surface area contributed by atoms with Crippen LogP contribution in [0.15, 0.2) is 41.6 Å². The van der Waals surface area contributed by atoms with Gasteiger partial charge >= 0.3 is 0 Å². The highest BCUT2D eigenvalue weighted by atomic mass is 35.5. The molecule has 2 rings (SSSR count). The third-order valence-corrected chi connectivity index (χ3v) is 4.02. The van der Waals surface area contributed by atoms with Gasteiger partial charge in [-0.15, -0.1) is 12.4 Å². The quantitative estimate of drug-likeness (QED) is 0.771. The zero-order valence-corrected chi connectivity index (χ0v) is 13.1. The minimum absolute atomic E-state index is 0. The van der Waals surface area contributed by atoms with Crippen molar-refractivity contribution in [2.24, 2.45) is 0 Å². The molecular weight excluding hydrogens is 314 g/mol. The minimum Gasteiger partial charge on any atom is -0.373 e. The monoisotopic (exact) mass is 329 g/mol. The summed E-state index contributed by atoms with van der Waals surface area (Å²) in [6.45, 7) is 0. The second-order valence-electron chi connectivity index (χ2n) is 3.90. The first-order valence-corrected chi connectivity index (χ1v) is 7.34. The van der Waals surface area contributed by atoms with E-state index < -0.39 is 10.0 Å². The molecule has 7 nitrogen and oxygen atoms in total. The van der Waals surface area contributed by atoms with Crippen molar-refractivity contribution in [1.82, 2.24) is 14.7 Å². The van der Waals surface area contributed by atoms with E-state index in [0.29, 0.717) is 17.3 Å². The van der Waals surface area contributed by atoms with Crippen molar-refractivity contribution in [3.63, 3.8) is 0 Å². The van der Waals surface area contributed by atoms with Gasteiger partial charge in [-0.05, 0) is 25.2 Å². The van der Waals surface area contributed by atoms with Crippen LogP contribution in [0.3, 0.4) is 0 Å². The molecule has 1 aromatic carbocycles. The van der Waals surface area contributed by atoms with Crippen LogP contribution in [0.1, 0.15) is 0 Å². The van der Waals surface area contributed by atoms with Crippen molar-refractivity contribution in [3.05, 3.63) is 36.7 Å². The summed E-state index contributed by atoms with van der Waals surface area (Å²) in [6, 6.07) is 8.20. The average molecular weight is 330 g/mol. The molecule has 9 heteroatoms. The number of hydrogen-bond donors (Lipinski definition) is 3. The first kappa shape index (κ1) is 17.2. The highest BCUT2D eigenvalue weighted by Gasteiger charge is 2.11. The highest BCUT2D eigenvalue weighted by Crippen LogP contribution is 2.19. The van der Waals surface area contributed by atoms with Gasteiger partial charge in [-0.2, -0.15) is 0 Å². The molecule has 0 spiro atoms. The van der Waals surface area contributed by atoms with E-state index in [-0.39, 0.29) is 17.3 Å². The largest absolute Gasteiger partial charge is 0.373 e. The van der Waals surface area contributed by atoms with Gasteiger partial charge in [0.25, 0.3) is 0 Å². The third kappa shape index (κ3) is 4.28. The Hall–Kier alpha value is -1.90. The number of halogens is 1. The summed E-state index contributed by atoms with van der Waals surface area (Å²) in [4.78, 5) is 8.26. The minimum atomic E-state index is -3.46. The van der Waals surface area contributed by atoms with Gasteiger partial charge in [-0.1, -0.05) is 6.07 Å². The predicted molar refractivity (Wildman–Crippen MR) is 84.8 cm³/mol. The number of nitrogens with zero attached hydrogens (tertiary/aromatic N) is 2. The number of sulfonamides is 1. The molecule has 0 aliphatic rings. The molecular formula is C12H16ClN5O2S. The van der Waals surface area contributed by atoms with Gasteiger partial charge in [0.1, 0.15) is 18.0 Å². The van der Waals surface area contributed by atoms with Crippen molar-refractivity contribution in [2.45, 2.75) is 4.90 Å². The number of hydrogen-bond acceptors (Lipinski definition) is 6. The Bertz CT molecular complexity index is 708. The Labute approximate surface area is 129 Å². The SMILES string of the molecule is CNc1cc(Nc2cccc(S(=O)(=O)NC)c2)ncn1.Cl. The molecule has 0 aliphatic carbocycles. The molecule has 1 heterocycles. The molecule has 0 bridgehead atoms. The lowest BCUT2D eigenvalue weighted by Crippen LogP contribution is -2.18. The summed E-state index contributed by atoms with van der Waals surface area (Å²) in [5.41, 5.74) is 0.627. The van der Waals surface area contributed by atoms with Gasteiger partial charge in [0, 0.05) is 18.8 Å². The second kappa shape index (κ2) is 7.21. The second-order valence-corrected chi connectivity index (χ2v) is 5.79. The van der Waals surface area contributed by atoms with E-state index >= 15 is 0 Å². The molecule has 114 valence electrons. The third-order valence-electron chi connectivity index (χ3n) is 2.61. The lowest BCUT2D eigenvalue weighted by atomic mass is 10.3. The van der Waals surface area contributed by atoms with Crippen molar-refractivity contribution in [3.8, 4) is 0 Å². The van der Waals surface area contributed by atoms with Crippen molar-refractivity contribution in [2.75, 3.05) is 24.7 Å². The van der Waals surface area contributed by atoms with Gasteiger partial charge in [0.15, 0.2) is 0 Å². The van der Waals surface area contributed by atoms with Crippen LogP contribution in [0.2, 0.25) is 0 Å². The molecule has 0 amide bonds. The summed E-state index contributed by atoms with van der Waals surface area (Å²) in [7, 11) is -0.331. The van der Waals surface area contributed by atoms with Crippen molar-refractivity contribution < 1.29 is 8.42 Å². The Morgan fingerprint density at radius 3 is 2.43 bits per heavy atom. The van der Waals surface area contributed by atoms with Gasteiger partial charge in [0.05, 0.1) is 4.90 Å². The number of rotatable bonds is 5. The summed E-state index contributed by atoms with van der Waals surface area (Å²) in [5, 5.41) is 5.93. The lowest BCUT2D eigenvalue weighted by Gasteiger charge is -2.08. The predicted octanol–water partition coefficient (Wildman–Crippen LogP) is 1.59. The molecule has 21 heavy (non-hydrogen) atoms. The Morgan fingerprint density at radius 1 is 1.05 bits per heavy atom. The van der Waals surface area contributed by atoms with Gasteiger partial charge < -0.3 is 10.6 Å². The van der Waals surface area contributed by atoms with Gasteiger partial charge in [-0.3, -0.25) is 0 Å². The van der Waals surface area contributed by atoms with Crippen molar-refractivity contribution >= 4 is 39.8 Å². The van der Waals surface area contributed by atoms with Crippen molar-refractivity contribution in [1.29, 1.82) is 0 Å². The zero-order chi connectivity index (χ0) is 14.6. The smallest absolute Gasteiger partial charge is 0.240 e.